The zero-order valence-electron chi connectivity index (χ0n) is 14.9. The zero-order valence-corrected chi connectivity index (χ0v) is 15.7. The molecule has 1 aliphatic rings. The summed E-state index contributed by atoms with van der Waals surface area (Å²) in [6.45, 7) is 3.02. The van der Waals surface area contributed by atoms with E-state index in [0.29, 0.717) is 19.5 Å². The average Bonchev–Trinajstić information content (AvgIpc) is 2.62. The van der Waals surface area contributed by atoms with Gasteiger partial charge in [-0.15, -0.1) is 0 Å². The highest BCUT2D eigenvalue weighted by atomic mass is 32.2. The molecule has 26 heavy (non-hydrogen) atoms. The third-order valence-electron chi connectivity index (χ3n) is 4.70. The Morgan fingerprint density at radius 1 is 1.08 bits per heavy atom. The molecular formula is C20H24N2O3S. The van der Waals surface area contributed by atoms with Crippen molar-refractivity contribution in [3.63, 3.8) is 0 Å². The van der Waals surface area contributed by atoms with Crippen molar-refractivity contribution in [2.75, 3.05) is 34.8 Å². The summed E-state index contributed by atoms with van der Waals surface area (Å²) in [5, 5.41) is 2.95. The Morgan fingerprint density at radius 2 is 1.77 bits per heavy atom. The van der Waals surface area contributed by atoms with Crippen LogP contribution < -0.4 is 10.2 Å². The van der Waals surface area contributed by atoms with Gasteiger partial charge in [-0.25, -0.2) is 8.42 Å². The number of anilines is 2. The molecule has 0 aromatic heterocycles. The van der Waals surface area contributed by atoms with Crippen LogP contribution in [0, 0.1) is 0 Å². The highest BCUT2D eigenvalue weighted by Gasteiger charge is 2.22. The Morgan fingerprint density at radius 3 is 2.46 bits per heavy atom. The molecule has 0 bridgehead atoms. The van der Waals surface area contributed by atoms with Gasteiger partial charge in [0.25, 0.3) is 0 Å². The van der Waals surface area contributed by atoms with Gasteiger partial charge in [0.1, 0.15) is 0 Å². The predicted octanol–water partition coefficient (Wildman–Crippen LogP) is 3.05. The first-order valence-electron chi connectivity index (χ1n) is 8.83. The molecule has 1 heterocycles. The monoisotopic (exact) mass is 372 g/mol. The molecule has 0 unspecified atom stereocenters. The number of sulfone groups is 1. The molecule has 6 heteroatoms. The summed E-state index contributed by atoms with van der Waals surface area (Å²) < 4.78 is 23.2. The minimum absolute atomic E-state index is 0.0280. The van der Waals surface area contributed by atoms with E-state index in [1.165, 1.54) is 0 Å². The zero-order chi connectivity index (χ0) is 18.6. The summed E-state index contributed by atoms with van der Waals surface area (Å²) in [7, 11) is -2.90. The molecule has 1 N–H and O–H groups in total. The fraction of sp³-hybridized carbons (Fsp3) is 0.350. The molecule has 0 radical (unpaired) electrons. The van der Waals surface area contributed by atoms with Crippen molar-refractivity contribution < 1.29 is 13.2 Å². The first-order valence-corrected chi connectivity index (χ1v) is 10.7. The van der Waals surface area contributed by atoms with E-state index in [-0.39, 0.29) is 23.3 Å². The van der Waals surface area contributed by atoms with Crippen molar-refractivity contribution in [2.45, 2.75) is 19.3 Å². The second-order valence-corrected chi connectivity index (χ2v) is 9.06. The molecule has 1 aliphatic heterocycles. The number of hydrogen-bond acceptors (Lipinski definition) is 4. The lowest BCUT2D eigenvalue weighted by Gasteiger charge is -2.29. The number of carbonyl (C=O) groups is 1. The van der Waals surface area contributed by atoms with Crippen molar-refractivity contribution in [2.24, 2.45) is 0 Å². The summed E-state index contributed by atoms with van der Waals surface area (Å²) >= 11 is 0. The smallest absolute Gasteiger partial charge is 0.224 e. The van der Waals surface area contributed by atoms with Gasteiger partial charge in [0, 0.05) is 30.9 Å². The molecule has 2 aromatic carbocycles. The summed E-state index contributed by atoms with van der Waals surface area (Å²) in [4.78, 5) is 14.4. The quantitative estimate of drug-likeness (QED) is 0.876. The second kappa shape index (κ2) is 7.91. The van der Waals surface area contributed by atoms with Crippen LogP contribution in [0.4, 0.5) is 11.4 Å². The Hall–Kier alpha value is -2.34. The largest absolute Gasteiger partial charge is 0.369 e. The molecule has 1 fully saturated rings. The first kappa shape index (κ1) is 18.5. The number of benzene rings is 2. The maximum absolute atomic E-state index is 12.4. The highest BCUT2D eigenvalue weighted by Crippen LogP contribution is 2.23. The molecule has 1 amide bonds. The van der Waals surface area contributed by atoms with E-state index >= 15 is 0 Å². The lowest BCUT2D eigenvalue weighted by molar-refractivity contribution is -0.116. The van der Waals surface area contributed by atoms with Gasteiger partial charge in [0.15, 0.2) is 9.84 Å². The Balaban J connectivity index is 1.61. The van der Waals surface area contributed by atoms with Crippen LogP contribution in [-0.2, 0) is 14.6 Å². The Bertz CT molecular complexity index is 852. The molecule has 1 atom stereocenters. The Labute approximate surface area is 154 Å². The van der Waals surface area contributed by atoms with Crippen molar-refractivity contribution in [1.82, 2.24) is 0 Å². The van der Waals surface area contributed by atoms with E-state index in [0.717, 1.165) is 16.9 Å². The molecule has 5 nitrogen and oxygen atoms in total. The number of hydrogen-bond donors (Lipinski definition) is 1. The highest BCUT2D eigenvalue weighted by molar-refractivity contribution is 7.91. The van der Waals surface area contributed by atoms with Crippen molar-refractivity contribution in [3.8, 4) is 0 Å². The molecule has 3 rings (SSSR count). The SMILES string of the molecule is C[C@H](CC(=O)Nc1cccc(N2CCS(=O)(=O)CC2)c1)c1ccccc1. The van der Waals surface area contributed by atoms with Crippen LogP contribution in [0.1, 0.15) is 24.8 Å². The fourth-order valence-corrected chi connectivity index (χ4v) is 4.34. The summed E-state index contributed by atoms with van der Waals surface area (Å²) in [5.41, 5.74) is 2.82. The predicted molar refractivity (Wildman–Crippen MR) is 105 cm³/mol. The standard InChI is InChI=1S/C20H24N2O3S/c1-16(17-6-3-2-4-7-17)14-20(23)21-18-8-5-9-19(15-18)22-10-12-26(24,25)13-11-22/h2-9,15-16H,10-14H2,1H3,(H,21,23)/t16-/m1/s1. The third kappa shape index (κ3) is 4.85. The van der Waals surface area contributed by atoms with Gasteiger partial charge in [-0.1, -0.05) is 43.3 Å². The van der Waals surface area contributed by atoms with Gasteiger partial charge in [0.05, 0.1) is 11.5 Å². The lowest BCUT2D eigenvalue weighted by Crippen LogP contribution is -2.40. The summed E-state index contributed by atoms with van der Waals surface area (Å²) in [5.74, 6) is 0.475. The summed E-state index contributed by atoms with van der Waals surface area (Å²) in [6, 6.07) is 17.6. The number of carbonyl (C=O) groups excluding carboxylic acids is 1. The van der Waals surface area contributed by atoms with Crippen molar-refractivity contribution in [1.29, 1.82) is 0 Å². The number of amides is 1. The third-order valence-corrected chi connectivity index (χ3v) is 6.31. The van der Waals surface area contributed by atoms with Gasteiger partial charge in [-0.2, -0.15) is 0 Å². The normalized spacial score (nSPS) is 17.5. The second-order valence-electron chi connectivity index (χ2n) is 6.75. The van der Waals surface area contributed by atoms with Gasteiger partial charge >= 0.3 is 0 Å². The van der Waals surface area contributed by atoms with E-state index < -0.39 is 9.84 Å². The van der Waals surface area contributed by atoms with Gasteiger partial charge in [-0.05, 0) is 29.7 Å². The maximum Gasteiger partial charge on any atom is 0.224 e. The van der Waals surface area contributed by atoms with Crippen LogP contribution in [-0.4, -0.2) is 38.9 Å². The van der Waals surface area contributed by atoms with E-state index in [2.05, 4.69) is 5.32 Å². The first-order chi connectivity index (χ1) is 12.4. The fourth-order valence-electron chi connectivity index (χ4n) is 3.14. The van der Waals surface area contributed by atoms with Crippen LogP contribution in [0.15, 0.2) is 54.6 Å². The number of nitrogens with zero attached hydrogens (tertiary/aromatic N) is 1. The topological polar surface area (TPSA) is 66.5 Å². The average molecular weight is 372 g/mol. The van der Waals surface area contributed by atoms with Crippen LogP contribution in [0.5, 0.6) is 0 Å². The van der Waals surface area contributed by atoms with Crippen molar-refractivity contribution in [3.05, 3.63) is 60.2 Å². The van der Waals surface area contributed by atoms with Crippen LogP contribution >= 0.6 is 0 Å². The summed E-state index contributed by atoms with van der Waals surface area (Å²) in [6.07, 6.45) is 0.413. The van der Waals surface area contributed by atoms with Crippen molar-refractivity contribution >= 4 is 27.1 Å². The van der Waals surface area contributed by atoms with E-state index in [4.69, 9.17) is 0 Å². The minimum Gasteiger partial charge on any atom is -0.369 e. The molecule has 138 valence electrons. The van der Waals surface area contributed by atoms with Gasteiger partial charge < -0.3 is 10.2 Å². The molecule has 0 spiro atoms. The van der Waals surface area contributed by atoms with Crippen LogP contribution in [0.3, 0.4) is 0 Å². The lowest BCUT2D eigenvalue weighted by atomic mass is 9.97. The molecule has 2 aromatic rings. The van der Waals surface area contributed by atoms with Gasteiger partial charge in [-0.3, -0.25) is 4.79 Å². The molecule has 0 saturated carbocycles. The minimum atomic E-state index is -2.90. The van der Waals surface area contributed by atoms with Gasteiger partial charge in [0.2, 0.25) is 5.91 Å². The van der Waals surface area contributed by atoms with Crippen LogP contribution in [0.2, 0.25) is 0 Å². The Kier molecular flexibility index (Phi) is 5.61. The van der Waals surface area contributed by atoms with E-state index in [1.54, 1.807) is 0 Å². The molecular weight excluding hydrogens is 348 g/mol. The van der Waals surface area contributed by atoms with E-state index in [9.17, 15) is 13.2 Å². The number of rotatable bonds is 5. The van der Waals surface area contributed by atoms with Crippen LogP contribution in [0.25, 0.3) is 0 Å². The number of nitrogens with one attached hydrogen (secondary N) is 1. The molecule has 0 aliphatic carbocycles. The molecule has 1 saturated heterocycles. The van der Waals surface area contributed by atoms with E-state index in [1.807, 2.05) is 66.4 Å². The maximum atomic E-state index is 12.4.